The average Bonchev–Trinajstić information content (AvgIpc) is 2.31. The molecule has 1 N–H and O–H groups in total. The summed E-state index contributed by atoms with van der Waals surface area (Å²) in [6, 6.07) is 9.77. The van der Waals surface area contributed by atoms with Crippen molar-refractivity contribution in [2.45, 2.75) is 33.1 Å². The maximum Gasteiger partial charge on any atom is 0.127 e. The van der Waals surface area contributed by atoms with Crippen LogP contribution in [-0.4, -0.2) is 11.7 Å². The molecule has 0 aromatic heterocycles. The molecule has 0 fully saturated rings. The van der Waals surface area contributed by atoms with Gasteiger partial charge in [0.15, 0.2) is 0 Å². The molecule has 0 bridgehead atoms. The summed E-state index contributed by atoms with van der Waals surface area (Å²) >= 11 is 0. The van der Waals surface area contributed by atoms with E-state index in [2.05, 4.69) is 20.8 Å². The zero-order valence-corrected chi connectivity index (χ0v) is 11.4. The minimum atomic E-state index is -0.111. The monoisotopic (exact) mass is 244 g/mol. The Morgan fingerprint density at radius 3 is 2.28 bits per heavy atom. The third-order valence-corrected chi connectivity index (χ3v) is 3.09. The molecule has 0 saturated carbocycles. The molecule has 2 heteroatoms. The molecule has 0 radical (unpaired) electrons. The number of hydrogen-bond acceptors (Lipinski definition) is 2. The molecule has 96 valence electrons. The highest BCUT2D eigenvalue weighted by Gasteiger charge is 2.21. The topological polar surface area (TPSA) is 29.5 Å². The van der Waals surface area contributed by atoms with Crippen molar-refractivity contribution in [2.24, 2.45) is 0 Å². The van der Waals surface area contributed by atoms with Crippen LogP contribution in [0.2, 0.25) is 0 Å². The maximum absolute atomic E-state index is 10.4. The molecule has 0 aliphatic carbocycles. The van der Waals surface area contributed by atoms with Crippen molar-refractivity contribution in [3.05, 3.63) is 35.9 Å². The van der Waals surface area contributed by atoms with E-state index in [0.717, 1.165) is 22.1 Å². The van der Waals surface area contributed by atoms with Crippen LogP contribution in [0.4, 0.5) is 0 Å². The van der Waals surface area contributed by atoms with E-state index in [9.17, 15) is 5.11 Å². The van der Waals surface area contributed by atoms with Crippen molar-refractivity contribution < 1.29 is 9.84 Å². The zero-order chi connectivity index (χ0) is 13.3. The van der Waals surface area contributed by atoms with Gasteiger partial charge >= 0.3 is 0 Å². The van der Waals surface area contributed by atoms with Gasteiger partial charge in [-0.25, -0.2) is 0 Å². The summed E-state index contributed by atoms with van der Waals surface area (Å²) < 4.78 is 5.70. The molecule has 2 aromatic rings. The van der Waals surface area contributed by atoms with Gasteiger partial charge in [-0.3, -0.25) is 0 Å². The number of hydrogen-bond donors (Lipinski definition) is 1. The van der Waals surface area contributed by atoms with Gasteiger partial charge in [0.05, 0.1) is 6.61 Å². The van der Waals surface area contributed by atoms with Crippen molar-refractivity contribution in [1.29, 1.82) is 0 Å². The van der Waals surface area contributed by atoms with Crippen molar-refractivity contribution >= 4 is 10.8 Å². The summed E-state index contributed by atoms with van der Waals surface area (Å²) in [4.78, 5) is 0. The van der Waals surface area contributed by atoms with Crippen LogP contribution < -0.4 is 4.74 Å². The lowest BCUT2D eigenvalue weighted by Gasteiger charge is -2.23. The first kappa shape index (κ1) is 12.7. The SMILES string of the molecule is CCOc1cc(C(C)(C)C)c(O)c2ccccc12. The summed E-state index contributed by atoms with van der Waals surface area (Å²) in [6.45, 7) is 8.86. The molecule has 0 amide bonds. The predicted molar refractivity (Wildman–Crippen MR) is 75.5 cm³/mol. The van der Waals surface area contributed by atoms with Crippen molar-refractivity contribution in [2.75, 3.05) is 6.61 Å². The van der Waals surface area contributed by atoms with Crippen LogP contribution in [0.15, 0.2) is 30.3 Å². The zero-order valence-electron chi connectivity index (χ0n) is 11.4. The number of aromatic hydroxyl groups is 1. The number of phenolic OH excluding ortho intramolecular Hbond substituents is 1. The van der Waals surface area contributed by atoms with Crippen LogP contribution in [0.5, 0.6) is 11.5 Å². The summed E-state index contributed by atoms with van der Waals surface area (Å²) in [5, 5.41) is 12.2. The van der Waals surface area contributed by atoms with E-state index >= 15 is 0 Å². The van der Waals surface area contributed by atoms with Crippen LogP contribution in [0.1, 0.15) is 33.3 Å². The Labute approximate surface area is 108 Å². The number of phenols is 1. The Morgan fingerprint density at radius 2 is 1.72 bits per heavy atom. The third kappa shape index (κ3) is 2.15. The van der Waals surface area contributed by atoms with E-state index in [-0.39, 0.29) is 5.41 Å². The number of benzene rings is 2. The van der Waals surface area contributed by atoms with E-state index in [1.807, 2.05) is 37.3 Å². The highest BCUT2D eigenvalue weighted by atomic mass is 16.5. The molecule has 0 unspecified atom stereocenters. The summed E-state index contributed by atoms with van der Waals surface area (Å²) in [6.07, 6.45) is 0. The van der Waals surface area contributed by atoms with Gasteiger partial charge in [0.1, 0.15) is 11.5 Å². The molecule has 0 heterocycles. The highest BCUT2D eigenvalue weighted by molar-refractivity contribution is 5.94. The smallest absolute Gasteiger partial charge is 0.127 e. The Balaban J connectivity index is 2.79. The van der Waals surface area contributed by atoms with Crippen molar-refractivity contribution in [1.82, 2.24) is 0 Å². The Morgan fingerprint density at radius 1 is 1.11 bits per heavy atom. The molecule has 2 aromatic carbocycles. The first-order chi connectivity index (χ1) is 8.45. The normalized spacial score (nSPS) is 11.8. The first-order valence-corrected chi connectivity index (χ1v) is 6.33. The highest BCUT2D eigenvalue weighted by Crippen LogP contribution is 2.41. The summed E-state index contributed by atoms with van der Waals surface area (Å²) in [7, 11) is 0. The van der Waals surface area contributed by atoms with Gasteiger partial charge in [-0.1, -0.05) is 45.0 Å². The van der Waals surface area contributed by atoms with E-state index in [1.54, 1.807) is 0 Å². The molecule has 0 atom stereocenters. The van der Waals surface area contributed by atoms with E-state index < -0.39 is 0 Å². The molecular formula is C16H20O2. The van der Waals surface area contributed by atoms with E-state index in [0.29, 0.717) is 12.4 Å². The molecule has 0 spiro atoms. The molecule has 2 nitrogen and oxygen atoms in total. The van der Waals surface area contributed by atoms with Gasteiger partial charge in [0, 0.05) is 16.3 Å². The van der Waals surface area contributed by atoms with E-state index in [1.165, 1.54) is 0 Å². The quantitative estimate of drug-likeness (QED) is 0.856. The molecule has 0 aliphatic rings. The molecule has 0 saturated heterocycles. The first-order valence-electron chi connectivity index (χ1n) is 6.33. The fourth-order valence-corrected chi connectivity index (χ4v) is 2.17. The fourth-order valence-electron chi connectivity index (χ4n) is 2.17. The largest absolute Gasteiger partial charge is 0.507 e. The van der Waals surface area contributed by atoms with Crippen LogP contribution in [0.25, 0.3) is 10.8 Å². The fraction of sp³-hybridized carbons (Fsp3) is 0.375. The minimum Gasteiger partial charge on any atom is -0.507 e. The third-order valence-electron chi connectivity index (χ3n) is 3.09. The second-order valence-corrected chi connectivity index (χ2v) is 5.50. The molecular weight excluding hydrogens is 224 g/mol. The minimum absolute atomic E-state index is 0.111. The lowest BCUT2D eigenvalue weighted by molar-refractivity contribution is 0.342. The van der Waals surface area contributed by atoms with Gasteiger partial charge in [-0.05, 0) is 18.4 Å². The van der Waals surface area contributed by atoms with Gasteiger partial charge in [-0.2, -0.15) is 0 Å². The Kier molecular flexibility index (Phi) is 3.20. The van der Waals surface area contributed by atoms with Gasteiger partial charge < -0.3 is 9.84 Å². The van der Waals surface area contributed by atoms with E-state index in [4.69, 9.17) is 4.74 Å². The average molecular weight is 244 g/mol. The molecule has 2 rings (SSSR count). The second-order valence-electron chi connectivity index (χ2n) is 5.50. The second kappa shape index (κ2) is 4.52. The van der Waals surface area contributed by atoms with Gasteiger partial charge in [-0.15, -0.1) is 0 Å². The molecule has 0 aliphatic heterocycles. The Bertz CT molecular complexity index is 565. The lowest BCUT2D eigenvalue weighted by Crippen LogP contribution is -2.12. The standard InChI is InChI=1S/C16H20O2/c1-5-18-14-10-13(16(2,3)4)15(17)12-9-7-6-8-11(12)14/h6-10,17H,5H2,1-4H3. The number of ether oxygens (including phenoxy) is 1. The van der Waals surface area contributed by atoms with Crippen LogP contribution in [0, 0.1) is 0 Å². The summed E-state index contributed by atoms with van der Waals surface area (Å²) in [5.41, 5.74) is 0.810. The van der Waals surface area contributed by atoms with Gasteiger partial charge in [0.2, 0.25) is 0 Å². The maximum atomic E-state index is 10.4. The van der Waals surface area contributed by atoms with Crippen LogP contribution in [0.3, 0.4) is 0 Å². The van der Waals surface area contributed by atoms with Crippen LogP contribution in [-0.2, 0) is 5.41 Å². The number of fused-ring (bicyclic) bond motifs is 1. The Hall–Kier alpha value is -1.70. The van der Waals surface area contributed by atoms with Gasteiger partial charge in [0.25, 0.3) is 0 Å². The predicted octanol–water partition coefficient (Wildman–Crippen LogP) is 4.24. The van der Waals surface area contributed by atoms with Crippen molar-refractivity contribution in [3.8, 4) is 11.5 Å². The van der Waals surface area contributed by atoms with Crippen LogP contribution >= 0.6 is 0 Å². The number of rotatable bonds is 2. The molecule has 18 heavy (non-hydrogen) atoms. The summed E-state index contributed by atoms with van der Waals surface area (Å²) in [5.74, 6) is 1.21. The lowest BCUT2D eigenvalue weighted by atomic mass is 9.84. The van der Waals surface area contributed by atoms with Crippen molar-refractivity contribution in [3.63, 3.8) is 0 Å².